The van der Waals surface area contributed by atoms with Crippen LogP contribution in [0, 0.1) is 0 Å². The second kappa shape index (κ2) is 6.33. The van der Waals surface area contributed by atoms with Crippen molar-refractivity contribution in [3.63, 3.8) is 0 Å². The van der Waals surface area contributed by atoms with Gasteiger partial charge in [-0.15, -0.1) is 0 Å². The van der Waals surface area contributed by atoms with Crippen molar-refractivity contribution in [2.24, 2.45) is 0 Å². The fourth-order valence-electron chi connectivity index (χ4n) is 0.670. The third-order valence-electron chi connectivity index (χ3n) is 1.51. The Morgan fingerprint density at radius 2 is 1.29 bits per heavy atom. The molecule has 6 heteroatoms. The summed E-state index contributed by atoms with van der Waals surface area (Å²) in [5, 5.41) is 21.8. The Morgan fingerprint density at radius 1 is 1.00 bits per heavy atom. The molecular formula is C8H16N2O4. The monoisotopic (exact) mass is 204 g/mol. The quantitative estimate of drug-likeness (QED) is 0.397. The second-order valence-corrected chi connectivity index (χ2v) is 3.11. The number of carbonyl (C=O) groups is 2. The van der Waals surface area contributed by atoms with E-state index in [4.69, 9.17) is 10.2 Å². The van der Waals surface area contributed by atoms with Gasteiger partial charge in [-0.3, -0.25) is 9.59 Å². The van der Waals surface area contributed by atoms with Crippen molar-refractivity contribution >= 4 is 11.8 Å². The Balaban J connectivity index is 3.94. The lowest BCUT2D eigenvalue weighted by Crippen LogP contribution is -2.47. The van der Waals surface area contributed by atoms with Gasteiger partial charge < -0.3 is 20.8 Å². The molecule has 0 heterocycles. The zero-order valence-electron chi connectivity index (χ0n) is 8.28. The van der Waals surface area contributed by atoms with Gasteiger partial charge in [0.05, 0.1) is 13.2 Å². The maximum Gasteiger partial charge on any atom is 0.309 e. The largest absolute Gasteiger partial charge is 0.394 e. The third kappa shape index (κ3) is 4.78. The van der Waals surface area contributed by atoms with Crippen LogP contribution < -0.4 is 10.6 Å². The van der Waals surface area contributed by atoms with Gasteiger partial charge >= 0.3 is 11.8 Å². The maximum atomic E-state index is 11.0. The highest BCUT2D eigenvalue weighted by atomic mass is 16.3. The van der Waals surface area contributed by atoms with Gasteiger partial charge in [0.1, 0.15) is 0 Å². The van der Waals surface area contributed by atoms with E-state index in [1.807, 2.05) is 0 Å². The Morgan fingerprint density at radius 3 is 1.50 bits per heavy atom. The van der Waals surface area contributed by atoms with Crippen molar-refractivity contribution < 1.29 is 19.8 Å². The molecule has 0 radical (unpaired) electrons. The van der Waals surface area contributed by atoms with Crippen molar-refractivity contribution in [2.45, 2.75) is 25.9 Å². The molecule has 82 valence electrons. The minimum atomic E-state index is -0.813. The molecule has 0 bridgehead atoms. The summed E-state index contributed by atoms with van der Waals surface area (Å²) >= 11 is 0. The molecule has 0 spiro atoms. The van der Waals surface area contributed by atoms with E-state index in [9.17, 15) is 9.59 Å². The van der Waals surface area contributed by atoms with Crippen molar-refractivity contribution in [3.8, 4) is 0 Å². The van der Waals surface area contributed by atoms with Crippen LogP contribution in [0.3, 0.4) is 0 Å². The molecule has 0 aliphatic carbocycles. The van der Waals surface area contributed by atoms with Crippen molar-refractivity contribution in [3.05, 3.63) is 0 Å². The summed E-state index contributed by atoms with van der Waals surface area (Å²) in [7, 11) is 0. The van der Waals surface area contributed by atoms with Crippen molar-refractivity contribution in [1.82, 2.24) is 10.6 Å². The lowest BCUT2D eigenvalue weighted by Gasteiger charge is -2.13. The van der Waals surface area contributed by atoms with Crippen LogP contribution in [0.25, 0.3) is 0 Å². The number of carbonyl (C=O) groups excluding carboxylic acids is 2. The van der Waals surface area contributed by atoms with Crippen LogP contribution in [-0.2, 0) is 9.59 Å². The lowest BCUT2D eigenvalue weighted by atomic mass is 10.3. The van der Waals surface area contributed by atoms with Crippen LogP contribution in [0.4, 0.5) is 0 Å². The summed E-state index contributed by atoms with van der Waals surface area (Å²) in [6.07, 6.45) is 0. The van der Waals surface area contributed by atoms with Gasteiger partial charge in [0.15, 0.2) is 0 Å². The molecule has 0 aliphatic rings. The van der Waals surface area contributed by atoms with Crippen molar-refractivity contribution in [2.75, 3.05) is 13.2 Å². The molecule has 14 heavy (non-hydrogen) atoms. The van der Waals surface area contributed by atoms with Gasteiger partial charge in [-0.25, -0.2) is 0 Å². The van der Waals surface area contributed by atoms with E-state index in [2.05, 4.69) is 10.6 Å². The van der Waals surface area contributed by atoms with Crippen LogP contribution in [0.5, 0.6) is 0 Å². The molecule has 0 aromatic heterocycles. The molecule has 6 nitrogen and oxygen atoms in total. The predicted octanol–water partition coefficient (Wildman–Crippen LogP) is -2.02. The molecule has 0 aromatic carbocycles. The SMILES string of the molecule is C[C@H](CO)NC(=O)C(=O)N[C@@H](C)CO. The number of hydrogen-bond donors (Lipinski definition) is 4. The van der Waals surface area contributed by atoms with Gasteiger partial charge in [-0.1, -0.05) is 0 Å². The molecule has 0 rings (SSSR count). The summed E-state index contributed by atoms with van der Waals surface area (Å²) < 4.78 is 0. The Hall–Kier alpha value is -1.14. The van der Waals surface area contributed by atoms with Crippen molar-refractivity contribution in [1.29, 1.82) is 0 Å². The average Bonchev–Trinajstić information content (AvgIpc) is 2.17. The second-order valence-electron chi connectivity index (χ2n) is 3.11. The molecular weight excluding hydrogens is 188 g/mol. The summed E-state index contributed by atoms with van der Waals surface area (Å²) in [4.78, 5) is 22.1. The molecule has 0 fully saturated rings. The highest BCUT2D eigenvalue weighted by molar-refractivity contribution is 6.35. The van der Waals surface area contributed by atoms with Crippen LogP contribution in [0.15, 0.2) is 0 Å². The van der Waals surface area contributed by atoms with E-state index >= 15 is 0 Å². The molecule has 2 amide bonds. The van der Waals surface area contributed by atoms with E-state index in [1.54, 1.807) is 13.8 Å². The topological polar surface area (TPSA) is 98.7 Å². The minimum Gasteiger partial charge on any atom is -0.394 e. The van der Waals surface area contributed by atoms with Gasteiger partial charge in [0.2, 0.25) is 0 Å². The highest BCUT2D eigenvalue weighted by Gasteiger charge is 2.16. The standard InChI is InChI=1S/C8H16N2O4/c1-5(3-11)9-7(13)8(14)10-6(2)4-12/h5-6,11-12H,3-4H2,1-2H3,(H,9,13)(H,10,14)/t5-,6+. The van der Waals surface area contributed by atoms with E-state index in [1.165, 1.54) is 0 Å². The van der Waals surface area contributed by atoms with Crippen LogP contribution in [0.1, 0.15) is 13.8 Å². The molecule has 0 aromatic rings. The summed E-state index contributed by atoms with van der Waals surface area (Å²) in [6.45, 7) is 2.68. The normalized spacial score (nSPS) is 14.3. The van der Waals surface area contributed by atoms with Crippen LogP contribution in [0.2, 0.25) is 0 Å². The van der Waals surface area contributed by atoms with E-state index in [0.29, 0.717) is 0 Å². The molecule has 2 atom stereocenters. The number of nitrogens with one attached hydrogen (secondary N) is 2. The number of aliphatic hydroxyl groups excluding tert-OH is 2. The lowest BCUT2D eigenvalue weighted by molar-refractivity contribution is -0.140. The fourth-order valence-corrected chi connectivity index (χ4v) is 0.670. The maximum absolute atomic E-state index is 11.0. The Labute approximate surface area is 82.3 Å². The minimum absolute atomic E-state index is 0.228. The van der Waals surface area contributed by atoms with Crippen LogP contribution in [-0.4, -0.2) is 47.3 Å². The van der Waals surface area contributed by atoms with E-state index < -0.39 is 23.9 Å². The van der Waals surface area contributed by atoms with Gasteiger partial charge in [0.25, 0.3) is 0 Å². The first-order valence-electron chi connectivity index (χ1n) is 4.34. The first kappa shape index (κ1) is 12.9. The fraction of sp³-hybridized carbons (Fsp3) is 0.750. The number of rotatable bonds is 4. The zero-order valence-corrected chi connectivity index (χ0v) is 8.28. The Kier molecular flexibility index (Phi) is 5.82. The molecule has 0 saturated heterocycles. The molecule has 0 aliphatic heterocycles. The average molecular weight is 204 g/mol. The number of amides is 2. The van der Waals surface area contributed by atoms with E-state index in [-0.39, 0.29) is 13.2 Å². The van der Waals surface area contributed by atoms with Gasteiger partial charge in [-0.2, -0.15) is 0 Å². The molecule has 4 N–H and O–H groups in total. The predicted molar refractivity (Wildman–Crippen MR) is 49.4 cm³/mol. The zero-order chi connectivity index (χ0) is 11.1. The Bertz CT molecular complexity index is 186. The number of aliphatic hydroxyl groups is 2. The summed E-state index contributed by atoms with van der Waals surface area (Å²) in [5.41, 5.74) is 0. The first-order chi connectivity index (χ1) is 6.51. The molecule has 0 unspecified atom stereocenters. The van der Waals surface area contributed by atoms with Gasteiger partial charge in [-0.05, 0) is 13.8 Å². The van der Waals surface area contributed by atoms with Gasteiger partial charge in [0, 0.05) is 12.1 Å². The van der Waals surface area contributed by atoms with E-state index in [0.717, 1.165) is 0 Å². The smallest absolute Gasteiger partial charge is 0.309 e. The number of hydrogen-bond acceptors (Lipinski definition) is 4. The molecule has 0 saturated carbocycles. The highest BCUT2D eigenvalue weighted by Crippen LogP contribution is 1.82. The summed E-state index contributed by atoms with van der Waals surface area (Å²) in [5.74, 6) is -1.63. The first-order valence-corrected chi connectivity index (χ1v) is 4.34. The third-order valence-corrected chi connectivity index (χ3v) is 1.51. The van der Waals surface area contributed by atoms with Crippen LogP contribution >= 0.6 is 0 Å². The summed E-state index contributed by atoms with van der Waals surface area (Å²) in [6, 6.07) is -0.921.